The molecule has 1 aromatic heterocycles. The van der Waals surface area contributed by atoms with Gasteiger partial charge in [-0.05, 0) is 11.1 Å². The second-order valence-electron chi connectivity index (χ2n) is 3.52. The minimum Gasteiger partial charge on any atom is -0.448 e. The lowest BCUT2D eigenvalue weighted by Crippen LogP contribution is -2.15. The molecule has 2 rings (SSSR count). The maximum Gasteiger partial charge on any atom is 0.202 e. The highest BCUT2D eigenvalue weighted by Crippen LogP contribution is 2.25. The van der Waals surface area contributed by atoms with Gasteiger partial charge in [0.2, 0.25) is 5.89 Å². The van der Waals surface area contributed by atoms with Crippen molar-refractivity contribution in [1.29, 1.82) is 0 Å². The van der Waals surface area contributed by atoms with Crippen LogP contribution < -0.4 is 5.73 Å². The summed E-state index contributed by atoms with van der Waals surface area (Å²) in [6.45, 7) is 0.394. The first kappa shape index (κ1) is 10.9. The van der Waals surface area contributed by atoms with E-state index < -0.39 is 0 Å². The summed E-state index contributed by atoms with van der Waals surface area (Å²) >= 11 is 0. The summed E-state index contributed by atoms with van der Waals surface area (Å²) in [5.74, 6) is 0.488. The molecule has 3 N–H and O–H groups in total. The summed E-state index contributed by atoms with van der Waals surface area (Å²) in [6.07, 6.45) is 3.12. The molecule has 0 radical (unpaired) electrons. The molecular weight excluding hydrogens is 204 g/mol. The number of nitrogens with zero attached hydrogens (tertiary/aromatic N) is 1. The molecule has 2 aromatic rings. The van der Waals surface area contributed by atoms with E-state index in [1.165, 1.54) is 6.26 Å². The van der Waals surface area contributed by atoms with E-state index in [0.29, 0.717) is 12.4 Å². The number of hydrogen-bond acceptors (Lipinski definition) is 4. The van der Waals surface area contributed by atoms with Crippen molar-refractivity contribution in [2.24, 2.45) is 5.73 Å². The summed E-state index contributed by atoms with van der Waals surface area (Å²) in [5, 5.41) is 9.27. The number of rotatable bonds is 4. The highest BCUT2D eigenvalue weighted by molar-refractivity contribution is 5.33. The Morgan fingerprint density at radius 2 is 2.19 bits per heavy atom. The molecule has 0 amide bonds. The average Bonchev–Trinajstić information content (AvgIpc) is 2.84. The fourth-order valence-electron chi connectivity index (χ4n) is 1.79. The molecule has 4 nitrogen and oxygen atoms in total. The zero-order chi connectivity index (χ0) is 11.4. The van der Waals surface area contributed by atoms with E-state index in [2.05, 4.69) is 4.98 Å². The molecule has 1 heterocycles. The van der Waals surface area contributed by atoms with Crippen molar-refractivity contribution in [3.05, 3.63) is 53.7 Å². The standard InChI is InChI=1S/C12H14N2O2/c13-7-11(12-14-5-6-16-12)10-4-2-1-3-9(10)8-15/h1-6,11,15H,7-8,13H2. The Morgan fingerprint density at radius 1 is 1.38 bits per heavy atom. The summed E-state index contributed by atoms with van der Waals surface area (Å²) in [5.41, 5.74) is 7.56. The second-order valence-corrected chi connectivity index (χ2v) is 3.52. The molecule has 1 unspecified atom stereocenters. The van der Waals surface area contributed by atoms with E-state index in [0.717, 1.165) is 11.1 Å². The Hall–Kier alpha value is -1.65. The number of hydrogen-bond donors (Lipinski definition) is 2. The van der Waals surface area contributed by atoms with Gasteiger partial charge >= 0.3 is 0 Å². The first-order chi connectivity index (χ1) is 7.86. The monoisotopic (exact) mass is 218 g/mol. The van der Waals surface area contributed by atoms with Crippen molar-refractivity contribution in [3.8, 4) is 0 Å². The lowest BCUT2D eigenvalue weighted by molar-refractivity contribution is 0.280. The molecule has 1 aromatic carbocycles. The average molecular weight is 218 g/mol. The van der Waals surface area contributed by atoms with Crippen LogP contribution in [0.25, 0.3) is 0 Å². The van der Waals surface area contributed by atoms with Crippen molar-refractivity contribution < 1.29 is 9.52 Å². The molecule has 1 atom stereocenters. The molecule has 0 aliphatic heterocycles. The summed E-state index contributed by atoms with van der Waals surface area (Å²) in [4.78, 5) is 4.11. The number of aliphatic hydroxyl groups is 1. The van der Waals surface area contributed by atoms with Crippen LogP contribution in [0.5, 0.6) is 0 Å². The Balaban J connectivity index is 2.41. The molecule has 84 valence electrons. The van der Waals surface area contributed by atoms with Crippen LogP contribution in [0.3, 0.4) is 0 Å². The fourth-order valence-corrected chi connectivity index (χ4v) is 1.79. The SMILES string of the molecule is NCC(c1ncco1)c1ccccc1CO. The Bertz CT molecular complexity index is 440. The third-order valence-electron chi connectivity index (χ3n) is 2.59. The summed E-state index contributed by atoms with van der Waals surface area (Å²) in [6, 6.07) is 7.62. The number of aliphatic hydroxyl groups excluding tert-OH is 1. The van der Waals surface area contributed by atoms with Gasteiger partial charge in [-0.25, -0.2) is 4.98 Å². The first-order valence-corrected chi connectivity index (χ1v) is 5.15. The smallest absolute Gasteiger partial charge is 0.202 e. The zero-order valence-corrected chi connectivity index (χ0v) is 8.84. The normalized spacial score (nSPS) is 12.6. The molecule has 0 saturated heterocycles. The molecule has 0 fully saturated rings. The first-order valence-electron chi connectivity index (χ1n) is 5.15. The molecule has 0 aliphatic rings. The van der Waals surface area contributed by atoms with Gasteiger partial charge in [-0.1, -0.05) is 24.3 Å². The van der Waals surface area contributed by atoms with Crippen LogP contribution in [0.2, 0.25) is 0 Å². The van der Waals surface area contributed by atoms with Crippen LogP contribution in [-0.2, 0) is 6.61 Å². The largest absolute Gasteiger partial charge is 0.448 e. The third-order valence-corrected chi connectivity index (χ3v) is 2.59. The van der Waals surface area contributed by atoms with Crippen LogP contribution in [-0.4, -0.2) is 16.6 Å². The van der Waals surface area contributed by atoms with Gasteiger partial charge in [-0.2, -0.15) is 0 Å². The van der Waals surface area contributed by atoms with Gasteiger partial charge in [0.1, 0.15) is 6.26 Å². The summed E-state index contributed by atoms with van der Waals surface area (Å²) < 4.78 is 5.27. The van der Waals surface area contributed by atoms with Crippen molar-refractivity contribution >= 4 is 0 Å². The van der Waals surface area contributed by atoms with Gasteiger partial charge in [-0.3, -0.25) is 0 Å². The van der Waals surface area contributed by atoms with Crippen LogP contribution >= 0.6 is 0 Å². The summed E-state index contributed by atoms with van der Waals surface area (Å²) in [7, 11) is 0. The predicted molar refractivity (Wildman–Crippen MR) is 59.8 cm³/mol. The molecule has 0 aliphatic carbocycles. The van der Waals surface area contributed by atoms with Crippen LogP contribution in [0.1, 0.15) is 22.9 Å². The van der Waals surface area contributed by atoms with E-state index in [1.807, 2.05) is 24.3 Å². The number of aromatic nitrogens is 1. The minimum atomic E-state index is -0.0988. The van der Waals surface area contributed by atoms with Crippen molar-refractivity contribution in [3.63, 3.8) is 0 Å². The van der Waals surface area contributed by atoms with E-state index in [4.69, 9.17) is 10.2 Å². The highest BCUT2D eigenvalue weighted by atomic mass is 16.3. The van der Waals surface area contributed by atoms with E-state index >= 15 is 0 Å². The van der Waals surface area contributed by atoms with E-state index in [9.17, 15) is 5.11 Å². The van der Waals surface area contributed by atoms with Gasteiger partial charge in [0.05, 0.1) is 18.7 Å². The van der Waals surface area contributed by atoms with Crippen molar-refractivity contribution in [2.45, 2.75) is 12.5 Å². The Kier molecular flexibility index (Phi) is 3.34. The second kappa shape index (κ2) is 4.92. The zero-order valence-electron chi connectivity index (χ0n) is 8.84. The maximum absolute atomic E-state index is 9.27. The number of benzene rings is 1. The van der Waals surface area contributed by atoms with Crippen LogP contribution in [0.15, 0.2) is 41.1 Å². The number of oxazole rings is 1. The van der Waals surface area contributed by atoms with E-state index in [-0.39, 0.29) is 12.5 Å². The van der Waals surface area contributed by atoms with Gasteiger partial charge < -0.3 is 15.3 Å². The lowest BCUT2D eigenvalue weighted by Gasteiger charge is -2.14. The molecular formula is C12H14N2O2. The molecule has 4 heteroatoms. The quantitative estimate of drug-likeness (QED) is 0.810. The predicted octanol–water partition coefficient (Wildman–Crippen LogP) is 1.26. The highest BCUT2D eigenvalue weighted by Gasteiger charge is 2.19. The molecule has 0 spiro atoms. The Labute approximate surface area is 93.7 Å². The third kappa shape index (κ3) is 1.98. The van der Waals surface area contributed by atoms with Gasteiger partial charge in [0.25, 0.3) is 0 Å². The lowest BCUT2D eigenvalue weighted by atomic mass is 9.94. The minimum absolute atomic E-state index is 0.00657. The van der Waals surface area contributed by atoms with Crippen molar-refractivity contribution in [2.75, 3.05) is 6.54 Å². The van der Waals surface area contributed by atoms with E-state index in [1.54, 1.807) is 6.20 Å². The number of nitrogens with two attached hydrogens (primary N) is 1. The molecule has 0 saturated carbocycles. The van der Waals surface area contributed by atoms with Gasteiger partial charge in [-0.15, -0.1) is 0 Å². The van der Waals surface area contributed by atoms with Crippen LogP contribution in [0, 0.1) is 0 Å². The molecule has 16 heavy (non-hydrogen) atoms. The Morgan fingerprint density at radius 3 is 2.81 bits per heavy atom. The van der Waals surface area contributed by atoms with Gasteiger partial charge in [0.15, 0.2) is 0 Å². The topological polar surface area (TPSA) is 72.3 Å². The maximum atomic E-state index is 9.27. The van der Waals surface area contributed by atoms with Crippen LogP contribution in [0.4, 0.5) is 0 Å². The molecule has 0 bridgehead atoms. The van der Waals surface area contributed by atoms with Crippen molar-refractivity contribution in [1.82, 2.24) is 4.98 Å². The van der Waals surface area contributed by atoms with Gasteiger partial charge in [0, 0.05) is 6.54 Å². The fraction of sp³-hybridized carbons (Fsp3) is 0.250.